The summed E-state index contributed by atoms with van der Waals surface area (Å²) in [6.45, 7) is 3.95. The van der Waals surface area contributed by atoms with Gasteiger partial charge < -0.3 is 9.84 Å². The van der Waals surface area contributed by atoms with Crippen LogP contribution in [0.15, 0.2) is 22.9 Å². The normalized spacial score (nSPS) is 9.95. The Kier molecular flexibility index (Phi) is 3.57. The molecule has 0 atom stereocenters. The Bertz CT molecular complexity index is 635. The summed E-state index contributed by atoms with van der Waals surface area (Å²) in [4.78, 5) is 15.7. The van der Waals surface area contributed by atoms with E-state index in [4.69, 9.17) is 9.78 Å². The molecule has 2 heterocycles. The molecule has 0 saturated heterocycles. The van der Waals surface area contributed by atoms with Crippen LogP contribution in [0.3, 0.4) is 0 Å². The van der Waals surface area contributed by atoms with Crippen LogP contribution >= 0.6 is 0 Å². The second kappa shape index (κ2) is 5.31. The third-order valence-electron chi connectivity index (χ3n) is 2.74. The maximum absolute atomic E-state index is 11.9. The van der Waals surface area contributed by atoms with Crippen molar-refractivity contribution in [1.29, 1.82) is 5.26 Å². The van der Waals surface area contributed by atoms with E-state index in [1.54, 1.807) is 13.0 Å². The minimum Gasteiger partial charge on any atom is -0.361 e. The monoisotopic (exact) mass is 256 g/mol. The summed E-state index contributed by atoms with van der Waals surface area (Å²) >= 11 is 0. The quantitative estimate of drug-likeness (QED) is 0.898. The number of carbonyl (C=O) groups excluding carboxylic acids is 1. The molecule has 0 unspecified atom stereocenters. The molecule has 6 nitrogen and oxygen atoms in total. The third-order valence-corrected chi connectivity index (χ3v) is 2.74. The lowest BCUT2D eigenvalue weighted by Crippen LogP contribution is -2.23. The molecule has 0 aliphatic carbocycles. The fourth-order valence-corrected chi connectivity index (χ4v) is 1.66. The standard InChI is InChI=1S/C13H12N4O2/c1-8-12(9(2)19-17-8)7-16-13(18)10-3-4-15-11(5-10)6-14/h3-5H,7H2,1-2H3,(H,16,18). The van der Waals surface area contributed by atoms with Crippen LogP contribution in [0.2, 0.25) is 0 Å². The summed E-state index contributed by atoms with van der Waals surface area (Å²) in [5.41, 5.74) is 2.23. The molecule has 6 heteroatoms. The van der Waals surface area contributed by atoms with Crippen molar-refractivity contribution in [3.8, 4) is 6.07 Å². The van der Waals surface area contributed by atoms with Crippen LogP contribution in [0.5, 0.6) is 0 Å². The van der Waals surface area contributed by atoms with Gasteiger partial charge in [0.2, 0.25) is 0 Å². The first-order chi connectivity index (χ1) is 9.11. The highest BCUT2D eigenvalue weighted by molar-refractivity contribution is 5.94. The van der Waals surface area contributed by atoms with Crippen LogP contribution in [-0.4, -0.2) is 16.0 Å². The van der Waals surface area contributed by atoms with Crippen molar-refractivity contribution in [3.05, 3.63) is 46.6 Å². The number of hydrogen-bond donors (Lipinski definition) is 1. The molecule has 19 heavy (non-hydrogen) atoms. The van der Waals surface area contributed by atoms with E-state index < -0.39 is 0 Å². The maximum Gasteiger partial charge on any atom is 0.251 e. The summed E-state index contributed by atoms with van der Waals surface area (Å²) in [6, 6.07) is 4.90. The average molecular weight is 256 g/mol. The predicted molar refractivity (Wildman–Crippen MR) is 66.1 cm³/mol. The first kappa shape index (κ1) is 12.8. The lowest BCUT2D eigenvalue weighted by atomic mass is 10.2. The van der Waals surface area contributed by atoms with Crippen LogP contribution in [0.25, 0.3) is 0 Å². The molecule has 0 spiro atoms. The van der Waals surface area contributed by atoms with Crippen molar-refractivity contribution in [1.82, 2.24) is 15.5 Å². The zero-order valence-corrected chi connectivity index (χ0v) is 10.6. The van der Waals surface area contributed by atoms with E-state index in [2.05, 4.69) is 15.5 Å². The first-order valence-corrected chi connectivity index (χ1v) is 5.68. The number of aromatic nitrogens is 2. The summed E-state index contributed by atoms with van der Waals surface area (Å²) in [5, 5.41) is 15.3. The molecule has 0 radical (unpaired) electrons. The zero-order chi connectivity index (χ0) is 13.8. The Labute approximate surface area is 110 Å². The van der Waals surface area contributed by atoms with Crippen LogP contribution in [0, 0.1) is 25.2 Å². The van der Waals surface area contributed by atoms with E-state index in [0.29, 0.717) is 17.9 Å². The van der Waals surface area contributed by atoms with Gasteiger partial charge in [0.25, 0.3) is 5.91 Å². The van der Waals surface area contributed by atoms with Gasteiger partial charge in [-0.15, -0.1) is 0 Å². The van der Waals surface area contributed by atoms with Crippen LogP contribution in [0.1, 0.15) is 33.1 Å². The highest BCUT2D eigenvalue weighted by atomic mass is 16.5. The summed E-state index contributed by atoms with van der Waals surface area (Å²) in [7, 11) is 0. The number of nitrogens with zero attached hydrogens (tertiary/aromatic N) is 3. The van der Waals surface area contributed by atoms with E-state index in [0.717, 1.165) is 11.3 Å². The Hall–Kier alpha value is -2.68. The molecule has 0 aliphatic heterocycles. The largest absolute Gasteiger partial charge is 0.361 e. The Morgan fingerprint density at radius 1 is 1.53 bits per heavy atom. The number of hydrogen-bond acceptors (Lipinski definition) is 5. The summed E-state index contributed by atoms with van der Waals surface area (Å²) in [6.07, 6.45) is 1.43. The van der Waals surface area contributed by atoms with Gasteiger partial charge >= 0.3 is 0 Å². The Morgan fingerprint density at radius 2 is 2.32 bits per heavy atom. The molecule has 0 aromatic carbocycles. The van der Waals surface area contributed by atoms with E-state index in [9.17, 15) is 4.79 Å². The van der Waals surface area contributed by atoms with Gasteiger partial charge in [0, 0.05) is 23.9 Å². The predicted octanol–water partition coefficient (Wildman–Crippen LogP) is 1.49. The lowest BCUT2D eigenvalue weighted by molar-refractivity contribution is 0.0950. The van der Waals surface area contributed by atoms with Crippen molar-refractivity contribution in [2.24, 2.45) is 0 Å². The Morgan fingerprint density at radius 3 is 2.95 bits per heavy atom. The van der Waals surface area contributed by atoms with Gasteiger partial charge in [-0.1, -0.05) is 5.16 Å². The van der Waals surface area contributed by atoms with Crippen LogP contribution < -0.4 is 5.32 Å². The molecular weight excluding hydrogens is 244 g/mol. The SMILES string of the molecule is Cc1noc(C)c1CNC(=O)c1ccnc(C#N)c1. The summed E-state index contributed by atoms with van der Waals surface area (Å²) < 4.78 is 5.02. The van der Waals surface area contributed by atoms with Crippen LogP contribution in [-0.2, 0) is 6.54 Å². The van der Waals surface area contributed by atoms with E-state index in [-0.39, 0.29) is 11.6 Å². The van der Waals surface area contributed by atoms with Crippen molar-refractivity contribution in [3.63, 3.8) is 0 Å². The van der Waals surface area contributed by atoms with E-state index in [1.165, 1.54) is 12.3 Å². The number of pyridine rings is 1. The fourth-order valence-electron chi connectivity index (χ4n) is 1.66. The van der Waals surface area contributed by atoms with E-state index >= 15 is 0 Å². The zero-order valence-electron chi connectivity index (χ0n) is 10.6. The molecule has 0 saturated carbocycles. The summed E-state index contributed by atoms with van der Waals surface area (Å²) in [5.74, 6) is 0.421. The van der Waals surface area contributed by atoms with Gasteiger partial charge in [-0.05, 0) is 26.0 Å². The molecule has 1 N–H and O–H groups in total. The topological polar surface area (TPSA) is 91.8 Å². The highest BCUT2D eigenvalue weighted by Crippen LogP contribution is 2.11. The number of nitriles is 1. The number of rotatable bonds is 3. The maximum atomic E-state index is 11.9. The van der Waals surface area contributed by atoms with Gasteiger partial charge in [-0.2, -0.15) is 5.26 Å². The van der Waals surface area contributed by atoms with Crippen molar-refractivity contribution in [2.75, 3.05) is 0 Å². The smallest absolute Gasteiger partial charge is 0.251 e. The van der Waals surface area contributed by atoms with Gasteiger partial charge in [-0.25, -0.2) is 4.98 Å². The minimum atomic E-state index is -0.265. The molecular formula is C13H12N4O2. The van der Waals surface area contributed by atoms with Crippen molar-refractivity contribution < 1.29 is 9.32 Å². The number of aryl methyl sites for hydroxylation is 2. The van der Waals surface area contributed by atoms with E-state index in [1.807, 2.05) is 13.0 Å². The van der Waals surface area contributed by atoms with Gasteiger partial charge in [0.1, 0.15) is 17.5 Å². The number of carbonyl (C=O) groups is 1. The fraction of sp³-hybridized carbons (Fsp3) is 0.231. The molecule has 1 amide bonds. The molecule has 0 aliphatic rings. The molecule has 0 bridgehead atoms. The van der Waals surface area contributed by atoms with Gasteiger partial charge in [0.05, 0.1) is 5.69 Å². The highest BCUT2D eigenvalue weighted by Gasteiger charge is 2.11. The minimum absolute atomic E-state index is 0.213. The second-order valence-corrected chi connectivity index (χ2v) is 4.03. The molecule has 2 aromatic heterocycles. The third kappa shape index (κ3) is 2.77. The average Bonchev–Trinajstić information content (AvgIpc) is 2.75. The first-order valence-electron chi connectivity index (χ1n) is 5.68. The van der Waals surface area contributed by atoms with Crippen molar-refractivity contribution in [2.45, 2.75) is 20.4 Å². The molecule has 0 fully saturated rings. The number of amides is 1. The molecule has 2 aromatic rings. The number of nitrogens with one attached hydrogen (secondary N) is 1. The van der Waals surface area contributed by atoms with Gasteiger partial charge in [0.15, 0.2) is 0 Å². The van der Waals surface area contributed by atoms with Crippen molar-refractivity contribution >= 4 is 5.91 Å². The lowest BCUT2D eigenvalue weighted by Gasteiger charge is -2.04. The van der Waals surface area contributed by atoms with Crippen LogP contribution in [0.4, 0.5) is 0 Å². The molecule has 2 rings (SSSR count). The Balaban J connectivity index is 2.08. The molecule has 96 valence electrons. The van der Waals surface area contributed by atoms with Gasteiger partial charge in [-0.3, -0.25) is 4.79 Å². The second-order valence-electron chi connectivity index (χ2n) is 4.03.